The van der Waals surface area contributed by atoms with Crippen molar-refractivity contribution in [1.29, 1.82) is 0 Å². The maximum absolute atomic E-state index is 6.83. The Bertz CT molecular complexity index is 3540. The molecule has 0 atom stereocenters. The van der Waals surface area contributed by atoms with E-state index in [1.807, 2.05) is 6.07 Å². The van der Waals surface area contributed by atoms with Crippen molar-refractivity contribution in [2.75, 3.05) is 16.5 Å². The largest absolute Gasteiger partial charge is 0.457 e. The number of nitrogens with zero attached hydrogens (tertiary/aromatic N) is 4. The molecule has 0 saturated carbocycles. The van der Waals surface area contributed by atoms with Crippen molar-refractivity contribution >= 4 is 44.6 Å². The number of para-hydroxylation sites is 3. The van der Waals surface area contributed by atoms with E-state index in [9.17, 15) is 0 Å². The first-order chi connectivity index (χ1) is 33.7. The number of pyridine rings is 1. The van der Waals surface area contributed by atoms with Gasteiger partial charge in [0.25, 0.3) is 0 Å². The zero-order valence-corrected chi connectivity index (χ0v) is 41.5. The summed E-state index contributed by atoms with van der Waals surface area (Å²) in [7, 11) is 0. The van der Waals surface area contributed by atoms with Crippen molar-refractivity contribution in [1.82, 2.24) is 9.55 Å². The van der Waals surface area contributed by atoms with Gasteiger partial charge in [0.05, 0.1) is 22.4 Å². The van der Waals surface area contributed by atoms with E-state index < -0.39 is 0 Å². The summed E-state index contributed by atoms with van der Waals surface area (Å²) >= 11 is 0. The van der Waals surface area contributed by atoms with Crippen molar-refractivity contribution < 1.29 is 4.74 Å². The van der Waals surface area contributed by atoms with E-state index in [4.69, 9.17) is 9.72 Å². The van der Waals surface area contributed by atoms with Gasteiger partial charge in [0, 0.05) is 51.5 Å². The smallest absolute Gasteiger partial charge is 0.137 e. The van der Waals surface area contributed by atoms with E-state index >= 15 is 0 Å². The van der Waals surface area contributed by atoms with Gasteiger partial charge in [0.15, 0.2) is 0 Å². The third-order valence-electron chi connectivity index (χ3n) is 14.3. The van der Waals surface area contributed by atoms with Crippen molar-refractivity contribution in [2.45, 2.75) is 71.6 Å². The van der Waals surface area contributed by atoms with Crippen molar-refractivity contribution in [2.24, 2.45) is 0 Å². The van der Waals surface area contributed by atoms with E-state index in [2.05, 4.69) is 270 Å². The third kappa shape index (κ3) is 8.19. The van der Waals surface area contributed by atoms with Crippen LogP contribution >= 0.6 is 0 Å². The number of anilines is 4. The highest BCUT2D eigenvalue weighted by Gasteiger charge is 2.30. The zero-order valence-electron chi connectivity index (χ0n) is 41.5. The van der Waals surface area contributed by atoms with Crippen LogP contribution in [0.3, 0.4) is 0 Å². The Balaban J connectivity index is 0.926. The summed E-state index contributed by atoms with van der Waals surface area (Å²) in [5.74, 6) is 2.41. The number of fused-ring (bicyclic) bond motifs is 4. The van der Waals surface area contributed by atoms with Gasteiger partial charge in [-0.15, -0.1) is 0 Å². The minimum Gasteiger partial charge on any atom is -0.457 e. The quantitative estimate of drug-likeness (QED) is 0.144. The standard InChI is InChI=1S/C65H60N4O/c1-63(2,3)49-36-46(44-20-11-9-12-21-44)37-51(38-49)68-43-67(59-28-17-18-29-60(59)68)50-24-19-25-52(39-50)70-53-34-35-55-54-26-15-16-27-58(54)69(61(55)40-53)62-41-57(64(4,5)6)56(42-66-62)45-30-32-48(33-31-45)65(7,8)47-22-13-10-14-23-47/h9-42H,43H2,1-8H3. The predicted octanol–water partition coefficient (Wildman–Crippen LogP) is 17.5. The van der Waals surface area contributed by atoms with E-state index in [1.54, 1.807) is 0 Å². The fourth-order valence-corrected chi connectivity index (χ4v) is 10.3. The Morgan fingerprint density at radius 3 is 1.77 bits per heavy atom. The maximum atomic E-state index is 6.83. The summed E-state index contributed by atoms with van der Waals surface area (Å²) in [5, 5.41) is 2.32. The highest BCUT2D eigenvalue weighted by molar-refractivity contribution is 6.09. The molecule has 0 aliphatic carbocycles. The maximum Gasteiger partial charge on any atom is 0.137 e. The molecule has 0 radical (unpaired) electrons. The molecule has 0 saturated heterocycles. The first kappa shape index (κ1) is 44.6. The highest BCUT2D eigenvalue weighted by Crippen LogP contribution is 2.47. The van der Waals surface area contributed by atoms with E-state index in [0.29, 0.717) is 6.67 Å². The molecule has 11 rings (SSSR count). The number of hydrogen-bond acceptors (Lipinski definition) is 4. The van der Waals surface area contributed by atoms with Gasteiger partial charge in [-0.3, -0.25) is 4.57 Å². The molecular formula is C65H60N4O. The summed E-state index contributed by atoms with van der Waals surface area (Å²) in [6.45, 7) is 19.0. The van der Waals surface area contributed by atoms with Crippen LogP contribution in [0.25, 0.3) is 49.9 Å². The lowest BCUT2D eigenvalue weighted by molar-refractivity contribution is 0.483. The third-order valence-corrected chi connectivity index (χ3v) is 14.3. The molecule has 0 spiro atoms. The summed E-state index contributed by atoms with van der Waals surface area (Å²) in [6, 6.07) is 72.1. The van der Waals surface area contributed by atoms with Crippen LogP contribution in [0.1, 0.15) is 77.6 Å². The summed E-state index contributed by atoms with van der Waals surface area (Å²) < 4.78 is 9.13. The molecule has 346 valence electrons. The number of aromatic nitrogens is 2. The van der Waals surface area contributed by atoms with Crippen LogP contribution in [0.2, 0.25) is 0 Å². The molecule has 3 heterocycles. The Hall–Kier alpha value is -7.89. The summed E-state index contributed by atoms with van der Waals surface area (Å²) in [4.78, 5) is 10.1. The van der Waals surface area contributed by atoms with Crippen molar-refractivity contribution in [3.63, 3.8) is 0 Å². The normalized spacial score (nSPS) is 13.0. The number of ether oxygens (including phenoxy) is 1. The fraction of sp³-hybridized carbons (Fsp3) is 0.185. The van der Waals surface area contributed by atoms with E-state index in [0.717, 1.165) is 56.2 Å². The Morgan fingerprint density at radius 2 is 1.06 bits per heavy atom. The molecule has 0 fully saturated rings. The highest BCUT2D eigenvalue weighted by atomic mass is 16.5. The van der Waals surface area contributed by atoms with Gasteiger partial charge < -0.3 is 14.5 Å². The molecule has 70 heavy (non-hydrogen) atoms. The average Bonchev–Trinajstić information content (AvgIpc) is 3.92. The van der Waals surface area contributed by atoms with Gasteiger partial charge in [-0.05, 0) is 110 Å². The van der Waals surface area contributed by atoms with Crippen LogP contribution < -0.4 is 14.5 Å². The van der Waals surface area contributed by atoms with Crippen LogP contribution in [-0.2, 0) is 16.2 Å². The monoisotopic (exact) mass is 912 g/mol. The Labute approximate surface area is 413 Å². The molecule has 0 N–H and O–H groups in total. The second-order valence-electron chi connectivity index (χ2n) is 21.4. The Kier molecular flexibility index (Phi) is 11.0. The first-order valence-corrected chi connectivity index (χ1v) is 24.5. The lowest BCUT2D eigenvalue weighted by Crippen LogP contribution is -2.24. The second kappa shape index (κ2) is 17.3. The fourth-order valence-electron chi connectivity index (χ4n) is 10.3. The van der Waals surface area contributed by atoms with E-state index in [-0.39, 0.29) is 16.2 Å². The number of rotatable bonds is 9. The Morgan fingerprint density at radius 1 is 0.429 bits per heavy atom. The lowest BCUT2D eigenvalue weighted by atomic mass is 9.77. The van der Waals surface area contributed by atoms with Crippen molar-refractivity contribution in [3.05, 3.63) is 229 Å². The predicted molar refractivity (Wildman–Crippen MR) is 294 cm³/mol. The van der Waals surface area contributed by atoms with Gasteiger partial charge in [-0.1, -0.05) is 183 Å². The van der Waals surface area contributed by atoms with Gasteiger partial charge in [-0.25, -0.2) is 4.98 Å². The SMILES string of the molecule is CC(C)(C)c1cc(-c2ccccc2)cc(N2CN(c3cccc(Oc4ccc5c6ccccc6n(-c6cc(C(C)(C)C)c(-c7ccc(C(C)(C)c8ccccc8)cc7)cn6)c5c4)c3)c3ccccc32)c1. The van der Waals surface area contributed by atoms with Gasteiger partial charge in [0.2, 0.25) is 0 Å². The van der Waals surface area contributed by atoms with Gasteiger partial charge in [-0.2, -0.15) is 0 Å². The molecule has 1 aliphatic heterocycles. The molecule has 5 nitrogen and oxygen atoms in total. The van der Waals surface area contributed by atoms with Crippen molar-refractivity contribution in [3.8, 4) is 39.6 Å². The number of benzene rings is 8. The molecule has 5 heteroatoms. The average molecular weight is 913 g/mol. The van der Waals surface area contributed by atoms with Crippen LogP contribution in [0.15, 0.2) is 206 Å². The van der Waals surface area contributed by atoms with Crippen LogP contribution in [0, 0.1) is 0 Å². The summed E-state index contributed by atoms with van der Waals surface area (Å²) in [6.07, 6.45) is 2.07. The molecule has 0 bridgehead atoms. The first-order valence-electron chi connectivity index (χ1n) is 24.5. The second-order valence-corrected chi connectivity index (χ2v) is 21.4. The number of hydrogen-bond donors (Lipinski definition) is 0. The van der Waals surface area contributed by atoms with Gasteiger partial charge >= 0.3 is 0 Å². The minimum absolute atomic E-state index is 0.0212. The van der Waals surface area contributed by atoms with Crippen LogP contribution in [0.5, 0.6) is 11.5 Å². The molecule has 0 unspecified atom stereocenters. The minimum atomic E-state index is -0.151. The molecule has 10 aromatic rings. The molecule has 1 aliphatic rings. The molecular weight excluding hydrogens is 853 g/mol. The molecule has 0 amide bonds. The zero-order chi connectivity index (χ0) is 48.4. The topological polar surface area (TPSA) is 33.5 Å². The van der Waals surface area contributed by atoms with E-state index in [1.165, 1.54) is 50.1 Å². The molecule has 8 aromatic carbocycles. The van der Waals surface area contributed by atoms with Gasteiger partial charge in [0.1, 0.15) is 24.0 Å². The molecule has 2 aromatic heterocycles. The lowest BCUT2D eigenvalue weighted by Gasteiger charge is -2.27. The van der Waals surface area contributed by atoms with Crippen LogP contribution in [-0.4, -0.2) is 16.2 Å². The summed E-state index contributed by atoms with van der Waals surface area (Å²) in [5.41, 5.74) is 16.3. The van der Waals surface area contributed by atoms with Crippen LogP contribution in [0.4, 0.5) is 22.7 Å².